The lowest BCUT2D eigenvalue weighted by atomic mass is 10.0. The van der Waals surface area contributed by atoms with Gasteiger partial charge in [0, 0.05) is 45.7 Å². The summed E-state index contributed by atoms with van der Waals surface area (Å²) in [6.45, 7) is 0.308. The van der Waals surface area contributed by atoms with Crippen LogP contribution in [-0.2, 0) is 6.54 Å². The number of hydrogen-bond acceptors (Lipinski definition) is 4. The average molecular weight is 311 g/mol. The Labute approximate surface area is 131 Å². The molecule has 0 saturated heterocycles. The molecule has 3 heterocycles. The average Bonchev–Trinajstić information content (AvgIpc) is 3.03. The van der Waals surface area contributed by atoms with Crippen LogP contribution in [0.2, 0.25) is 0 Å². The summed E-state index contributed by atoms with van der Waals surface area (Å²) in [5.41, 5.74) is 3.10. The van der Waals surface area contributed by atoms with Gasteiger partial charge in [0.15, 0.2) is 0 Å². The number of carboxylic acid groups (broad SMARTS) is 1. The predicted octanol–water partition coefficient (Wildman–Crippen LogP) is 3.64. The summed E-state index contributed by atoms with van der Waals surface area (Å²) in [6, 6.07) is 9.78. The van der Waals surface area contributed by atoms with E-state index in [1.807, 2.05) is 42.7 Å². The van der Waals surface area contributed by atoms with Gasteiger partial charge in [0.2, 0.25) is 0 Å². The van der Waals surface area contributed by atoms with Crippen LogP contribution in [-0.4, -0.2) is 21.2 Å². The van der Waals surface area contributed by atoms with Gasteiger partial charge in [0.05, 0.1) is 6.54 Å². The van der Waals surface area contributed by atoms with E-state index in [0.717, 1.165) is 26.4 Å². The fourth-order valence-electron chi connectivity index (χ4n) is 2.15. The first-order valence-corrected chi connectivity index (χ1v) is 7.46. The summed E-state index contributed by atoms with van der Waals surface area (Å²) < 4.78 is 0. The van der Waals surface area contributed by atoms with Gasteiger partial charge in [-0.3, -0.25) is 9.97 Å². The first kappa shape index (κ1) is 14.2. The lowest BCUT2D eigenvalue weighted by molar-refractivity contribution is 0.194. The molecule has 0 saturated carbocycles. The van der Waals surface area contributed by atoms with E-state index in [9.17, 15) is 4.79 Å². The first-order valence-electron chi connectivity index (χ1n) is 6.64. The standard InChI is InChI=1S/C16H13N3O2S/c20-16(21)19-9-12-3-4-15(22-12)14-10-18-7-5-13(14)11-2-1-6-17-8-11/h1-8,10,19H,9H2,(H,20,21). The van der Waals surface area contributed by atoms with Crippen LogP contribution in [0, 0.1) is 0 Å². The number of carbonyl (C=O) groups is 1. The van der Waals surface area contributed by atoms with Crippen LogP contribution in [0.4, 0.5) is 4.79 Å². The molecule has 3 aromatic rings. The molecule has 0 aliphatic carbocycles. The summed E-state index contributed by atoms with van der Waals surface area (Å²) in [5.74, 6) is 0. The van der Waals surface area contributed by atoms with Crippen LogP contribution in [0.15, 0.2) is 55.1 Å². The number of nitrogens with zero attached hydrogens (tertiary/aromatic N) is 2. The zero-order chi connectivity index (χ0) is 15.4. The van der Waals surface area contributed by atoms with Gasteiger partial charge in [0.1, 0.15) is 0 Å². The lowest BCUT2D eigenvalue weighted by Gasteiger charge is -2.07. The molecule has 0 fully saturated rings. The molecule has 22 heavy (non-hydrogen) atoms. The van der Waals surface area contributed by atoms with Crippen LogP contribution in [0.3, 0.4) is 0 Å². The summed E-state index contributed by atoms with van der Waals surface area (Å²) in [7, 11) is 0. The quantitative estimate of drug-likeness (QED) is 0.771. The molecule has 5 nitrogen and oxygen atoms in total. The number of aromatic nitrogens is 2. The molecule has 0 bridgehead atoms. The van der Waals surface area contributed by atoms with Crippen molar-refractivity contribution in [2.24, 2.45) is 0 Å². The van der Waals surface area contributed by atoms with Crippen LogP contribution < -0.4 is 5.32 Å². The molecule has 0 spiro atoms. The van der Waals surface area contributed by atoms with Crippen LogP contribution in [0.1, 0.15) is 4.88 Å². The van der Waals surface area contributed by atoms with Crippen LogP contribution in [0.25, 0.3) is 21.6 Å². The van der Waals surface area contributed by atoms with Crippen molar-refractivity contribution in [2.45, 2.75) is 6.54 Å². The van der Waals surface area contributed by atoms with Crippen molar-refractivity contribution in [1.29, 1.82) is 0 Å². The fraction of sp³-hybridized carbons (Fsp3) is 0.0625. The second kappa shape index (κ2) is 6.36. The molecule has 110 valence electrons. The van der Waals surface area contributed by atoms with Crippen molar-refractivity contribution < 1.29 is 9.90 Å². The molecule has 0 unspecified atom stereocenters. The molecule has 2 N–H and O–H groups in total. The van der Waals surface area contributed by atoms with Gasteiger partial charge in [-0.2, -0.15) is 0 Å². The lowest BCUT2D eigenvalue weighted by Crippen LogP contribution is -2.19. The van der Waals surface area contributed by atoms with E-state index in [-0.39, 0.29) is 0 Å². The number of pyridine rings is 2. The van der Waals surface area contributed by atoms with Gasteiger partial charge >= 0.3 is 6.09 Å². The summed E-state index contributed by atoms with van der Waals surface area (Å²) >= 11 is 1.55. The van der Waals surface area contributed by atoms with Gasteiger partial charge in [-0.15, -0.1) is 11.3 Å². The van der Waals surface area contributed by atoms with Gasteiger partial charge in [-0.25, -0.2) is 4.79 Å². The molecule has 1 amide bonds. The highest BCUT2D eigenvalue weighted by atomic mass is 32.1. The normalized spacial score (nSPS) is 10.4. The molecule has 0 aromatic carbocycles. The maximum absolute atomic E-state index is 10.6. The van der Waals surface area contributed by atoms with Gasteiger partial charge in [0.25, 0.3) is 0 Å². The van der Waals surface area contributed by atoms with Gasteiger partial charge in [-0.05, 0) is 29.8 Å². The Bertz CT molecular complexity index is 787. The monoisotopic (exact) mass is 311 g/mol. The van der Waals surface area contributed by atoms with E-state index in [1.54, 1.807) is 23.7 Å². The van der Waals surface area contributed by atoms with Crippen molar-refractivity contribution in [3.63, 3.8) is 0 Å². The molecule has 3 aromatic heterocycles. The van der Waals surface area contributed by atoms with E-state index >= 15 is 0 Å². The van der Waals surface area contributed by atoms with Crippen molar-refractivity contribution in [2.75, 3.05) is 0 Å². The second-order valence-electron chi connectivity index (χ2n) is 4.59. The van der Waals surface area contributed by atoms with E-state index in [0.29, 0.717) is 6.54 Å². The first-order chi connectivity index (χ1) is 10.7. The largest absolute Gasteiger partial charge is 0.465 e. The third-order valence-electron chi connectivity index (χ3n) is 3.13. The molecule has 0 atom stereocenters. The number of hydrogen-bond donors (Lipinski definition) is 2. The van der Waals surface area contributed by atoms with Crippen molar-refractivity contribution in [3.05, 3.63) is 60.0 Å². The Hall–Kier alpha value is -2.73. The SMILES string of the molecule is O=C(O)NCc1ccc(-c2cnccc2-c2cccnc2)s1. The highest BCUT2D eigenvalue weighted by molar-refractivity contribution is 7.15. The summed E-state index contributed by atoms with van der Waals surface area (Å²) in [4.78, 5) is 20.9. The van der Waals surface area contributed by atoms with Gasteiger partial charge < -0.3 is 10.4 Å². The molecular formula is C16H13N3O2S. The molecule has 3 rings (SSSR count). The molecular weight excluding hydrogens is 298 g/mol. The molecule has 0 aliphatic rings. The van der Waals surface area contributed by atoms with E-state index in [1.165, 1.54) is 0 Å². The Kier molecular flexibility index (Phi) is 4.11. The predicted molar refractivity (Wildman–Crippen MR) is 85.6 cm³/mol. The summed E-state index contributed by atoms with van der Waals surface area (Å²) in [5, 5.41) is 11.0. The Morgan fingerprint density at radius 1 is 1.09 bits per heavy atom. The Balaban J connectivity index is 1.94. The Morgan fingerprint density at radius 2 is 1.95 bits per heavy atom. The molecule has 6 heteroatoms. The smallest absolute Gasteiger partial charge is 0.404 e. The van der Waals surface area contributed by atoms with Crippen LogP contribution >= 0.6 is 11.3 Å². The second-order valence-corrected chi connectivity index (χ2v) is 5.76. The zero-order valence-corrected chi connectivity index (χ0v) is 12.4. The minimum atomic E-state index is -1.02. The van der Waals surface area contributed by atoms with Crippen molar-refractivity contribution in [3.8, 4) is 21.6 Å². The zero-order valence-electron chi connectivity index (χ0n) is 11.6. The maximum Gasteiger partial charge on any atom is 0.404 e. The van der Waals surface area contributed by atoms with Gasteiger partial charge in [-0.1, -0.05) is 6.07 Å². The third kappa shape index (κ3) is 3.12. The van der Waals surface area contributed by atoms with Crippen LogP contribution in [0.5, 0.6) is 0 Å². The highest BCUT2D eigenvalue weighted by Gasteiger charge is 2.10. The van der Waals surface area contributed by atoms with E-state index in [2.05, 4.69) is 15.3 Å². The van der Waals surface area contributed by atoms with Crippen molar-refractivity contribution >= 4 is 17.4 Å². The number of thiophene rings is 1. The highest BCUT2D eigenvalue weighted by Crippen LogP contribution is 2.35. The minimum absolute atomic E-state index is 0.308. The topological polar surface area (TPSA) is 75.1 Å². The molecule has 0 radical (unpaired) electrons. The molecule has 0 aliphatic heterocycles. The van der Waals surface area contributed by atoms with E-state index in [4.69, 9.17) is 5.11 Å². The third-order valence-corrected chi connectivity index (χ3v) is 4.25. The van der Waals surface area contributed by atoms with Crippen molar-refractivity contribution in [1.82, 2.24) is 15.3 Å². The Morgan fingerprint density at radius 3 is 2.73 bits per heavy atom. The van der Waals surface area contributed by atoms with E-state index < -0.39 is 6.09 Å². The maximum atomic E-state index is 10.6. The minimum Gasteiger partial charge on any atom is -0.465 e. The number of amides is 1. The number of nitrogens with one attached hydrogen (secondary N) is 1. The number of rotatable bonds is 4. The summed E-state index contributed by atoms with van der Waals surface area (Å²) in [6.07, 6.45) is 6.12. The fourth-order valence-corrected chi connectivity index (χ4v) is 3.12.